The van der Waals surface area contributed by atoms with E-state index in [0.717, 1.165) is 5.56 Å². The molecule has 0 aliphatic rings. The molecule has 0 saturated heterocycles. The molecule has 15 heavy (non-hydrogen) atoms. The molecule has 0 amide bonds. The number of benzene rings is 1. The van der Waals surface area contributed by atoms with Crippen molar-refractivity contribution in [1.82, 2.24) is 4.98 Å². The molecule has 76 valence electrons. The molecule has 0 aliphatic carbocycles. The summed E-state index contributed by atoms with van der Waals surface area (Å²) < 4.78 is 13.4. The fourth-order valence-electron chi connectivity index (χ4n) is 1.50. The van der Waals surface area contributed by atoms with Gasteiger partial charge < -0.3 is 5.11 Å². The fourth-order valence-corrected chi connectivity index (χ4v) is 1.50. The SMILES string of the molecule is Cc1cc(O)ccc1-c1ncccc1F. The first-order valence-corrected chi connectivity index (χ1v) is 4.59. The molecule has 2 nitrogen and oxygen atoms in total. The van der Waals surface area contributed by atoms with Crippen LogP contribution in [0.4, 0.5) is 4.39 Å². The standard InChI is InChI=1S/C12H10FNO/c1-8-7-9(15)4-5-10(8)12-11(13)3-2-6-14-12/h2-7,15H,1H3. The number of nitrogens with zero attached hydrogens (tertiary/aromatic N) is 1. The Morgan fingerprint density at radius 2 is 2.07 bits per heavy atom. The fraction of sp³-hybridized carbons (Fsp3) is 0.0833. The van der Waals surface area contributed by atoms with Gasteiger partial charge in [0.05, 0.1) is 0 Å². The smallest absolute Gasteiger partial charge is 0.149 e. The second-order valence-electron chi connectivity index (χ2n) is 3.33. The van der Waals surface area contributed by atoms with Gasteiger partial charge in [-0.1, -0.05) is 0 Å². The van der Waals surface area contributed by atoms with Crippen molar-refractivity contribution < 1.29 is 9.50 Å². The van der Waals surface area contributed by atoms with Crippen LogP contribution in [0.1, 0.15) is 5.56 Å². The van der Waals surface area contributed by atoms with Crippen LogP contribution in [-0.2, 0) is 0 Å². The van der Waals surface area contributed by atoms with Crippen LogP contribution >= 0.6 is 0 Å². The Morgan fingerprint density at radius 1 is 1.27 bits per heavy atom. The summed E-state index contributed by atoms with van der Waals surface area (Å²) in [7, 11) is 0. The van der Waals surface area contributed by atoms with Crippen molar-refractivity contribution in [2.45, 2.75) is 6.92 Å². The van der Waals surface area contributed by atoms with Crippen molar-refractivity contribution in [1.29, 1.82) is 0 Å². The molecule has 1 aromatic heterocycles. The van der Waals surface area contributed by atoms with Crippen molar-refractivity contribution in [2.24, 2.45) is 0 Å². The van der Waals surface area contributed by atoms with Gasteiger partial charge in [0.15, 0.2) is 0 Å². The van der Waals surface area contributed by atoms with Crippen LogP contribution in [0.15, 0.2) is 36.5 Å². The first kappa shape index (κ1) is 9.65. The average Bonchev–Trinajstić information content (AvgIpc) is 2.20. The highest BCUT2D eigenvalue weighted by molar-refractivity contribution is 5.64. The maximum atomic E-state index is 13.4. The number of rotatable bonds is 1. The van der Waals surface area contributed by atoms with Crippen LogP contribution in [0, 0.1) is 12.7 Å². The topological polar surface area (TPSA) is 33.1 Å². The Bertz CT molecular complexity index is 497. The molecule has 2 aromatic rings. The van der Waals surface area contributed by atoms with Gasteiger partial charge in [-0.05, 0) is 42.8 Å². The van der Waals surface area contributed by atoms with Crippen molar-refractivity contribution in [3.05, 3.63) is 47.9 Å². The van der Waals surface area contributed by atoms with E-state index in [2.05, 4.69) is 4.98 Å². The quantitative estimate of drug-likeness (QED) is 0.773. The van der Waals surface area contributed by atoms with Gasteiger partial charge in [-0.25, -0.2) is 4.39 Å². The van der Waals surface area contributed by atoms with E-state index in [-0.39, 0.29) is 11.6 Å². The lowest BCUT2D eigenvalue weighted by atomic mass is 10.0. The number of aromatic nitrogens is 1. The molecule has 0 unspecified atom stereocenters. The summed E-state index contributed by atoms with van der Waals surface area (Å²) in [6, 6.07) is 7.69. The van der Waals surface area contributed by atoms with Gasteiger partial charge in [0.25, 0.3) is 0 Å². The summed E-state index contributed by atoms with van der Waals surface area (Å²) in [6.45, 7) is 1.81. The van der Waals surface area contributed by atoms with E-state index in [1.54, 1.807) is 24.4 Å². The zero-order chi connectivity index (χ0) is 10.8. The molecule has 0 aliphatic heterocycles. The molecular weight excluding hydrogens is 193 g/mol. The first-order chi connectivity index (χ1) is 7.18. The van der Waals surface area contributed by atoms with Gasteiger partial charge in [0, 0.05) is 11.8 Å². The van der Waals surface area contributed by atoms with E-state index in [4.69, 9.17) is 0 Å². The number of hydrogen-bond donors (Lipinski definition) is 1. The maximum absolute atomic E-state index is 13.4. The summed E-state index contributed by atoms with van der Waals surface area (Å²) in [6.07, 6.45) is 1.55. The largest absolute Gasteiger partial charge is 0.508 e. The lowest BCUT2D eigenvalue weighted by Crippen LogP contribution is -1.90. The number of aryl methyl sites for hydroxylation is 1. The summed E-state index contributed by atoms with van der Waals surface area (Å²) >= 11 is 0. The molecule has 0 atom stereocenters. The van der Waals surface area contributed by atoms with E-state index >= 15 is 0 Å². The molecule has 0 spiro atoms. The average molecular weight is 203 g/mol. The van der Waals surface area contributed by atoms with Crippen LogP contribution in [-0.4, -0.2) is 10.1 Å². The molecular formula is C12H10FNO. The van der Waals surface area contributed by atoms with E-state index in [1.165, 1.54) is 12.1 Å². The highest BCUT2D eigenvalue weighted by atomic mass is 19.1. The minimum Gasteiger partial charge on any atom is -0.508 e. The minimum absolute atomic E-state index is 0.174. The summed E-state index contributed by atoms with van der Waals surface area (Å²) in [5.74, 6) is -0.182. The Kier molecular flexibility index (Phi) is 2.37. The lowest BCUT2D eigenvalue weighted by molar-refractivity contribution is 0.475. The summed E-state index contributed by atoms with van der Waals surface area (Å²) in [5, 5.41) is 9.24. The number of phenolic OH excluding ortho intramolecular Hbond substituents is 1. The molecule has 0 saturated carbocycles. The van der Waals surface area contributed by atoms with Crippen LogP contribution in [0.25, 0.3) is 11.3 Å². The van der Waals surface area contributed by atoms with Crippen molar-refractivity contribution in [3.8, 4) is 17.0 Å². The number of pyridine rings is 1. The second-order valence-corrected chi connectivity index (χ2v) is 3.33. The zero-order valence-electron chi connectivity index (χ0n) is 8.24. The van der Waals surface area contributed by atoms with Crippen LogP contribution in [0.2, 0.25) is 0 Å². The normalized spacial score (nSPS) is 10.3. The van der Waals surface area contributed by atoms with Gasteiger partial charge in [0.1, 0.15) is 17.3 Å². The predicted molar refractivity (Wildman–Crippen MR) is 56.0 cm³/mol. The van der Waals surface area contributed by atoms with Crippen molar-refractivity contribution >= 4 is 0 Å². The first-order valence-electron chi connectivity index (χ1n) is 4.59. The van der Waals surface area contributed by atoms with E-state index in [1.807, 2.05) is 6.92 Å². The third-order valence-electron chi connectivity index (χ3n) is 2.22. The zero-order valence-corrected chi connectivity index (χ0v) is 8.24. The minimum atomic E-state index is -0.355. The lowest BCUT2D eigenvalue weighted by Gasteiger charge is -2.06. The Balaban J connectivity index is 2.60. The summed E-state index contributed by atoms with van der Waals surface area (Å²) in [4.78, 5) is 3.98. The Morgan fingerprint density at radius 3 is 2.73 bits per heavy atom. The highest BCUT2D eigenvalue weighted by Crippen LogP contribution is 2.26. The Labute approximate surface area is 87.0 Å². The molecule has 0 bridgehead atoms. The summed E-state index contributed by atoms with van der Waals surface area (Å²) in [5.41, 5.74) is 1.81. The van der Waals surface area contributed by atoms with Gasteiger partial charge in [-0.2, -0.15) is 0 Å². The Hall–Kier alpha value is -1.90. The van der Waals surface area contributed by atoms with Gasteiger partial charge in [0.2, 0.25) is 0 Å². The molecule has 0 fully saturated rings. The molecule has 1 heterocycles. The van der Waals surface area contributed by atoms with Crippen molar-refractivity contribution in [3.63, 3.8) is 0 Å². The highest BCUT2D eigenvalue weighted by Gasteiger charge is 2.08. The van der Waals surface area contributed by atoms with Crippen LogP contribution < -0.4 is 0 Å². The maximum Gasteiger partial charge on any atom is 0.149 e. The molecule has 0 radical (unpaired) electrons. The van der Waals surface area contributed by atoms with Gasteiger partial charge >= 0.3 is 0 Å². The second kappa shape index (κ2) is 3.69. The van der Waals surface area contributed by atoms with E-state index in [0.29, 0.717) is 11.3 Å². The third-order valence-corrected chi connectivity index (χ3v) is 2.22. The molecule has 1 aromatic carbocycles. The number of hydrogen-bond acceptors (Lipinski definition) is 2. The predicted octanol–water partition coefficient (Wildman–Crippen LogP) is 2.90. The van der Waals surface area contributed by atoms with Crippen molar-refractivity contribution in [2.75, 3.05) is 0 Å². The molecule has 2 rings (SSSR count). The van der Waals surface area contributed by atoms with Crippen LogP contribution in [0.3, 0.4) is 0 Å². The van der Waals surface area contributed by atoms with Gasteiger partial charge in [-0.15, -0.1) is 0 Å². The third kappa shape index (κ3) is 1.81. The number of aromatic hydroxyl groups is 1. The number of phenols is 1. The monoisotopic (exact) mass is 203 g/mol. The van der Waals surface area contributed by atoms with E-state index < -0.39 is 0 Å². The van der Waals surface area contributed by atoms with E-state index in [9.17, 15) is 9.50 Å². The molecule has 3 heteroatoms. The van der Waals surface area contributed by atoms with Gasteiger partial charge in [-0.3, -0.25) is 4.98 Å². The van der Waals surface area contributed by atoms with Crippen LogP contribution in [0.5, 0.6) is 5.75 Å². The molecule has 1 N–H and O–H groups in total. The number of halogens is 1.